The lowest BCUT2D eigenvalue weighted by molar-refractivity contribution is -0.0932. The van der Waals surface area contributed by atoms with Gasteiger partial charge in [0.25, 0.3) is 0 Å². The molecule has 0 radical (unpaired) electrons. The zero-order valence-electron chi connectivity index (χ0n) is 16.8. The first-order valence-corrected chi connectivity index (χ1v) is 10.5. The molecule has 6 unspecified atom stereocenters. The highest BCUT2D eigenvalue weighted by Crippen LogP contribution is 2.25. The van der Waals surface area contributed by atoms with Crippen molar-refractivity contribution in [2.75, 3.05) is 46.9 Å². The first-order chi connectivity index (χ1) is 12.7. The molecule has 152 valence electrons. The van der Waals surface area contributed by atoms with E-state index in [-0.39, 0.29) is 18.5 Å². The monoisotopic (exact) mass is 369 g/mol. The van der Waals surface area contributed by atoms with Crippen LogP contribution >= 0.6 is 0 Å². The molecule has 0 bridgehead atoms. The standard InChI is InChI=1S/C19H39N5O2/c1-14(12-24-9-4-10-24)13-26-17-11-15(5-6-16(17)25-3)22-19-21-8-7-18(20-2)23-19/h14-23H,4-13H2,1-3H3. The molecule has 3 fully saturated rings. The van der Waals surface area contributed by atoms with Crippen molar-refractivity contribution in [2.45, 2.75) is 69.7 Å². The predicted octanol–water partition coefficient (Wildman–Crippen LogP) is 0.283. The van der Waals surface area contributed by atoms with Gasteiger partial charge in [-0.3, -0.25) is 16.0 Å². The summed E-state index contributed by atoms with van der Waals surface area (Å²) in [5.41, 5.74) is 0. The summed E-state index contributed by atoms with van der Waals surface area (Å²) >= 11 is 0. The third kappa shape index (κ3) is 5.86. The molecular formula is C19H39N5O2. The molecule has 4 N–H and O–H groups in total. The number of nitrogens with one attached hydrogen (secondary N) is 4. The van der Waals surface area contributed by atoms with Crippen LogP contribution in [0.2, 0.25) is 0 Å². The molecule has 6 atom stereocenters. The number of rotatable bonds is 9. The van der Waals surface area contributed by atoms with Crippen molar-refractivity contribution in [1.29, 1.82) is 0 Å². The minimum absolute atomic E-state index is 0.163. The van der Waals surface area contributed by atoms with E-state index < -0.39 is 0 Å². The minimum atomic E-state index is 0.163. The molecule has 2 heterocycles. The normalized spacial score (nSPS) is 37.3. The zero-order valence-corrected chi connectivity index (χ0v) is 16.8. The van der Waals surface area contributed by atoms with Crippen LogP contribution in [0.25, 0.3) is 0 Å². The summed E-state index contributed by atoms with van der Waals surface area (Å²) in [6, 6.07) is 0.456. The van der Waals surface area contributed by atoms with Gasteiger partial charge in [-0.05, 0) is 58.2 Å². The molecule has 1 aliphatic carbocycles. The summed E-state index contributed by atoms with van der Waals surface area (Å²) in [6.07, 6.45) is 6.61. The van der Waals surface area contributed by atoms with E-state index >= 15 is 0 Å². The summed E-state index contributed by atoms with van der Waals surface area (Å²) in [4.78, 5) is 2.52. The highest BCUT2D eigenvalue weighted by atomic mass is 16.5. The molecule has 3 aliphatic rings. The summed E-state index contributed by atoms with van der Waals surface area (Å²) < 4.78 is 12.1. The van der Waals surface area contributed by atoms with Crippen LogP contribution in [-0.4, -0.2) is 82.5 Å². The van der Waals surface area contributed by atoms with Gasteiger partial charge in [0.05, 0.1) is 25.0 Å². The Labute approximate surface area is 158 Å². The van der Waals surface area contributed by atoms with E-state index in [9.17, 15) is 0 Å². The molecule has 2 saturated heterocycles. The number of ether oxygens (including phenoxy) is 2. The van der Waals surface area contributed by atoms with Gasteiger partial charge in [0, 0.05) is 26.2 Å². The molecular weight excluding hydrogens is 330 g/mol. The smallest absolute Gasteiger partial charge is 0.113 e. The van der Waals surface area contributed by atoms with Gasteiger partial charge in [-0.15, -0.1) is 0 Å². The molecule has 7 heteroatoms. The van der Waals surface area contributed by atoms with Crippen LogP contribution in [0.15, 0.2) is 0 Å². The minimum Gasteiger partial charge on any atom is -0.379 e. The van der Waals surface area contributed by atoms with Crippen molar-refractivity contribution in [3.8, 4) is 0 Å². The maximum absolute atomic E-state index is 6.33. The number of hydrogen-bond acceptors (Lipinski definition) is 7. The Morgan fingerprint density at radius 1 is 1.19 bits per heavy atom. The van der Waals surface area contributed by atoms with Gasteiger partial charge in [0.1, 0.15) is 6.29 Å². The number of hydrogen-bond donors (Lipinski definition) is 4. The first kappa shape index (κ1) is 20.5. The van der Waals surface area contributed by atoms with E-state index in [0.29, 0.717) is 18.1 Å². The highest BCUT2D eigenvalue weighted by molar-refractivity contribution is 4.88. The van der Waals surface area contributed by atoms with E-state index in [0.717, 1.165) is 45.4 Å². The van der Waals surface area contributed by atoms with Crippen molar-refractivity contribution < 1.29 is 9.47 Å². The SMILES string of the molecule is CNC1CCNC(NC2CCC(OC)C(OCC(C)CN3CCC3)C2)N1. The van der Waals surface area contributed by atoms with Crippen LogP contribution in [0.4, 0.5) is 0 Å². The first-order valence-electron chi connectivity index (χ1n) is 10.5. The second-order valence-corrected chi connectivity index (χ2v) is 8.27. The quantitative estimate of drug-likeness (QED) is 0.465. The molecule has 26 heavy (non-hydrogen) atoms. The van der Waals surface area contributed by atoms with Crippen molar-refractivity contribution in [1.82, 2.24) is 26.2 Å². The van der Waals surface area contributed by atoms with Gasteiger partial charge in [0.2, 0.25) is 0 Å². The van der Waals surface area contributed by atoms with Crippen molar-refractivity contribution in [2.24, 2.45) is 5.92 Å². The van der Waals surface area contributed by atoms with E-state index in [2.05, 4.69) is 33.1 Å². The van der Waals surface area contributed by atoms with Gasteiger partial charge in [0.15, 0.2) is 0 Å². The van der Waals surface area contributed by atoms with Gasteiger partial charge >= 0.3 is 0 Å². The molecule has 0 aromatic rings. The molecule has 0 aromatic carbocycles. The van der Waals surface area contributed by atoms with Crippen molar-refractivity contribution >= 4 is 0 Å². The topological polar surface area (TPSA) is 69.8 Å². The maximum Gasteiger partial charge on any atom is 0.113 e. The average Bonchev–Trinajstić information content (AvgIpc) is 2.63. The molecule has 0 spiro atoms. The second-order valence-electron chi connectivity index (χ2n) is 8.27. The zero-order chi connectivity index (χ0) is 18.4. The van der Waals surface area contributed by atoms with E-state index in [1.54, 1.807) is 0 Å². The molecule has 0 amide bonds. The van der Waals surface area contributed by atoms with E-state index in [4.69, 9.17) is 9.47 Å². The summed E-state index contributed by atoms with van der Waals surface area (Å²) in [5.74, 6) is 0.583. The van der Waals surface area contributed by atoms with Crippen LogP contribution in [0.5, 0.6) is 0 Å². The molecule has 1 saturated carbocycles. The molecule has 0 aromatic heterocycles. The molecule has 3 rings (SSSR count). The van der Waals surface area contributed by atoms with Crippen molar-refractivity contribution in [3.63, 3.8) is 0 Å². The van der Waals surface area contributed by atoms with Crippen LogP contribution in [-0.2, 0) is 9.47 Å². The Morgan fingerprint density at radius 2 is 2.04 bits per heavy atom. The lowest BCUT2D eigenvalue weighted by Gasteiger charge is -2.40. The third-order valence-electron chi connectivity index (χ3n) is 6.05. The van der Waals surface area contributed by atoms with Gasteiger partial charge in [-0.1, -0.05) is 6.92 Å². The lowest BCUT2D eigenvalue weighted by atomic mass is 9.90. The fourth-order valence-corrected chi connectivity index (χ4v) is 4.33. The highest BCUT2D eigenvalue weighted by Gasteiger charge is 2.33. The van der Waals surface area contributed by atoms with Crippen LogP contribution in [0, 0.1) is 5.92 Å². The Bertz CT molecular complexity index is 409. The largest absolute Gasteiger partial charge is 0.379 e. The van der Waals surface area contributed by atoms with Crippen LogP contribution in [0.3, 0.4) is 0 Å². The van der Waals surface area contributed by atoms with E-state index in [1.807, 2.05) is 14.2 Å². The Hall–Kier alpha value is -0.280. The predicted molar refractivity (Wildman–Crippen MR) is 104 cm³/mol. The Balaban J connectivity index is 1.43. The number of nitrogens with zero attached hydrogens (tertiary/aromatic N) is 1. The second kappa shape index (κ2) is 10.3. The third-order valence-corrected chi connectivity index (χ3v) is 6.05. The van der Waals surface area contributed by atoms with Crippen LogP contribution < -0.4 is 21.3 Å². The maximum atomic E-state index is 6.33. The fourth-order valence-electron chi connectivity index (χ4n) is 4.33. The Morgan fingerprint density at radius 3 is 2.73 bits per heavy atom. The molecule has 7 nitrogen and oxygen atoms in total. The van der Waals surface area contributed by atoms with Gasteiger partial charge in [-0.2, -0.15) is 0 Å². The fraction of sp³-hybridized carbons (Fsp3) is 1.00. The van der Waals surface area contributed by atoms with E-state index in [1.165, 1.54) is 19.5 Å². The number of likely N-dealkylation sites (tertiary alicyclic amines) is 1. The Kier molecular flexibility index (Phi) is 8.11. The lowest BCUT2D eigenvalue weighted by Crippen LogP contribution is -2.66. The molecule has 2 aliphatic heterocycles. The number of methoxy groups -OCH3 is 1. The van der Waals surface area contributed by atoms with Gasteiger partial charge in [-0.25, -0.2) is 0 Å². The summed E-state index contributed by atoms with van der Waals surface area (Å²) in [6.45, 7) is 7.83. The van der Waals surface area contributed by atoms with Crippen LogP contribution in [0.1, 0.15) is 39.0 Å². The average molecular weight is 370 g/mol. The summed E-state index contributed by atoms with van der Waals surface area (Å²) in [5, 5.41) is 14.1. The summed E-state index contributed by atoms with van der Waals surface area (Å²) in [7, 11) is 3.83. The van der Waals surface area contributed by atoms with Crippen molar-refractivity contribution in [3.05, 3.63) is 0 Å². The van der Waals surface area contributed by atoms with Gasteiger partial charge < -0.3 is 19.7 Å².